The van der Waals surface area contributed by atoms with Crippen molar-refractivity contribution in [3.63, 3.8) is 0 Å². The first-order valence-corrected chi connectivity index (χ1v) is 17.8. The van der Waals surface area contributed by atoms with Crippen LogP contribution in [0.15, 0.2) is 85.6 Å². The van der Waals surface area contributed by atoms with Crippen molar-refractivity contribution in [2.24, 2.45) is 0 Å². The van der Waals surface area contributed by atoms with Gasteiger partial charge < -0.3 is 70.8 Å². The van der Waals surface area contributed by atoms with Crippen LogP contribution in [-0.4, -0.2) is 159 Å². The van der Waals surface area contributed by atoms with Crippen LogP contribution in [0.1, 0.15) is 51.4 Å². The van der Waals surface area contributed by atoms with Crippen LogP contribution in [0.25, 0.3) is 0 Å². The van der Waals surface area contributed by atoms with Crippen LogP contribution in [0.2, 0.25) is 0 Å². The van der Waals surface area contributed by atoms with E-state index in [4.69, 9.17) is 14.6 Å². The van der Waals surface area contributed by atoms with Gasteiger partial charge in [0.05, 0.1) is 37.1 Å². The van der Waals surface area contributed by atoms with Crippen molar-refractivity contribution >= 4 is 0 Å². The summed E-state index contributed by atoms with van der Waals surface area (Å²) in [5.74, 6) is 0. The Bertz CT molecular complexity index is 1190. The molecule has 52 heavy (non-hydrogen) atoms. The summed E-state index contributed by atoms with van der Waals surface area (Å²) in [7, 11) is 0. The summed E-state index contributed by atoms with van der Waals surface area (Å²) in [5, 5.41) is 124. The number of unbranched alkanes of at least 4 members (excludes halogenated alkanes) is 2. The lowest BCUT2D eigenvalue weighted by Crippen LogP contribution is -2.59. The standard InChI is InChI=1S/C38H60O14/c1-3-4-5-6-7-8-9-10-11-12-13-14-15-16-17-25(41)32(46)37-34(48)27(43)21-30(52-37)36(50)31(45)23(2)18-19-24(40)29-20-26(42)33(47)38(51-29)35(49)28(44)22-39/h3-5,8-13,16-17,24-50H,1-2,6-7,14-15,18-22H2/b5-4+,9-8+,11-10+,13-12+,17-16+/t24-,25+,26+,27+,28+,29+,30+,31+,32-,33+,34+,35-,36-,37-,38+/m0/s1. The molecular formula is C38H60O14. The minimum atomic E-state index is -1.75. The van der Waals surface area contributed by atoms with Crippen molar-refractivity contribution < 1.29 is 70.8 Å². The molecule has 0 aromatic rings. The maximum absolute atomic E-state index is 10.9. The van der Waals surface area contributed by atoms with E-state index in [1.54, 1.807) is 12.2 Å². The summed E-state index contributed by atoms with van der Waals surface area (Å²) in [6.45, 7) is 6.55. The van der Waals surface area contributed by atoms with Gasteiger partial charge in [-0.2, -0.15) is 0 Å². The lowest BCUT2D eigenvalue weighted by molar-refractivity contribution is -0.234. The quantitative estimate of drug-likeness (QED) is 0.0366. The van der Waals surface area contributed by atoms with Crippen molar-refractivity contribution in [2.45, 2.75) is 143 Å². The fourth-order valence-corrected chi connectivity index (χ4v) is 5.94. The van der Waals surface area contributed by atoms with Gasteiger partial charge in [0.25, 0.3) is 0 Å². The van der Waals surface area contributed by atoms with E-state index >= 15 is 0 Å². The van der Waals surface area contributed by atoms with E-state index in [1.807, 2.05) is 42.5 Å². The molecular weight excluding hydrogens is 680 g/mol. The van der Waals surface area contributed by atoms with Crippen LogP contribution in [0.5, 0.6) is 0 Å². The molecule has 0 aromatic heterocycles. The first-order chi connectivity index (χ1) is 24.7. The highest BCUT2D eigenvalue weighted by molar-refractivity contribution is 5.12. The highest BCUT2D eigenvalue weighted by Crippen LogP contribution is 2.31. The normalized spacial score (nSPS) is 31.7. The molecule has 2 saturated heterocycles. The third-order valence-corrected chi connectivity index (χ3v) is 9.20. The lowest BCUT2D eigenvalue weighted by atomic mass is 9.87. The van der Waals surface area contributed by atoms with Gasteiger partial charge in [0.2, 0.25) is 0 Å². The largest absolute Gasteiger partial charge is 0.394 e. The Balaban J connectivity index is 1.86. The zero-order valence-electron chi connectivity index (χ0n) is 29.5. The number of aliphatic hydroxyl groups excluding tert-OH is 12. The molecule has 2 heterocycles. The zero-order chi connectivity index (χ0) is 38.8. The molecule has 2 aliphatic heterocycles. The van der Waals surface area contributed by atoms with Gasteiger partial charge in [-0.1, -0.05) is 80.0 Å². The second-order valence-corrected chi connectivity index (χ2v) is 13.3. The third-order valence-electron chi connectivity index (χ3n) is 9.20. The molecule has 0 aromatic carbocycles. The Labute approximate surface area is 305 Å². The number of ether oxygens (including phenoxy) is 2. The second kappa shape index (κ2) is 24.1. The smallest absolute Gasteiger partial charge is 0.115 e. The molecule has 0 amide bonds. The third kappa shape index (κ3) is 14.5. The molecule has 2 fully saturated rings. The molecule has 15 atom stereocenters. The average molecular weight is 741 g/mol. The Morgan fingerprint density at radius 2 is 1.15 bits per heavy atom. The van der Waals surface area contributed by atoms with Crippen molar-refractivity contribution in [3.8, 4) is 0 Å². The summed E-state index contributed by atoms with van der Waals surface area (Å²) < 4.78 is 11.2. The van der Waals surface area contributed by atoms with Crippen LogP contribution in [-0.2, 0) is 9.47 Å². The van der Waals surface area contributed by atoms with Crippen molar-refractivity contribution in [1.29, 1.82) is 0 Å². The van der Waals surface area contributed by atoms with Crippen LogP contribution >= 0.6 is 0 Å². The number of hydrogen-bond donors (Lipinski definition) is 12. The van der Waals surface area contributed by atoms with Gasteiger partial charge in [-0.25, -0.2) is 0 Å². The van der Waals surface area contributed by atoms with Gasteiger partial charge in [-0.15, -0.1) is 0 Å². The van der Waals surface area contributed by atoms with Gasteiger partial charge in [0, 0.05) is 12.8 Å². The van der Waals surface area contributed by atoms with Crippen LogP contribution in [0.4, 0.5) is 0 Å². The molecule has 0 bridgehead atoms. The number of hydrogen-bond acceptors (Lipinski definition) is 14. The summed E-state index contributed by atoms with van der Waals surface area (Å²) in [6, 6.07) is 0. The topological polar surface area (TPSA) is 261 Å². The molecule has 0 radical (unpaired) electrons. The van der Waals surface area contributed by atoms with E-state index in [0.29, 0.717) is 12.8 Å². The molecule has 14 heteroatoms. The van der Waals surface area contributed by atoms with Crippen molar-refractivity contribution in [2.75, 3.05) is 6.61 Å². The molecule has 2 aliphatic rings. The monoisotopic (exact) mass is 740 g/mol. The number of rotatable bonds is 22. The minimum absolute atomic E-state index is 0.0492. The van der Waals surface area contributed by atoms with Gasteiger partial charge >= 0.3 is 0 Å². The highest BCUT2D eigenvalue weighted by Gasteiger charge is 2.47. The molecule has 0 spiro atoms. The maximum atomic E-state index is 10.9. The Hall–Kier alpha value is -2.38. The Morgan fingerprint density at radius 1 is 0.654 bits per heavy atom. The van der Waals surface area contributed by atoms with E-state index in [9.17, 15) is 56.2 Å². The van der Waals surface area contributed by atoms with Crippen LogP contribution in [0, 0.1) is 0 Å². The maximum Gasteiger partial charge on any atom is 0.115 e. The Morgan fingerprint density at radius 3 is 1.71 bits per heavy atom. The van der Waals surface area contributed by atoms with Gasteiger partial charge in [0.1, 0.15) is 61.0 Å². The SMILES string of the molecule is C=C/C=C/CC/C=C/C=C/C=C/CC/C=C/[C@@H](O)[C@H](O)[C@@H]1O[C@@H]([C@H](O)[C@H](O)C(=C)CC[C@H](O)[C@H]2C[C@@H](O)[C@@H](O)[C@H]([C@@H](O)[C@H](O)CO)O2)C[C@@H](O)[C@H]1O. The number of allylic oxidation sites excluding steroid dienone is 10. The fourth-order valence-electron chi connectivity index (χ4n) is 5.94. The second-order valence-electron chi connectivity index (χ2n) is 13.3. The summed E-state index contributed by atoms with van der Waals surface area (Å²) >= 11 is 0. The van der Waals surface area contributed by atoms with E-state index < -0.39 is 98.2 Å². The average Bonchev–Trinajstić information content (AvgIpc) is 3.14. The fraction of sp³-hybridized carbons (Fsp3) is 0.632. The molecule has 12 N–H and O–H groups in total. The molecule has 0 unspecified atom stereocenters. The first kappa shape index (κ1) is 45.8. The van der Waals surface area contributed by atoms with Crippen LogP contribution < -0.4 is 0 Å². The summed E-state index contributed by atoms with van der Waals surface area (Å²) in [6.07, 6.45) is 0.0179. The van der Waals surface area contributed by atoms with Gasteiger partial charge in [0.15, 0.2) is 0 Å². The lowest BCUT2D eigenvalue weighted by Gasteiger charge is -2.42. The highest BCUT2D eigenvalue weighted by atomic mass is 16.6. The zero-order valence-corrected chi connectivity index (χ0v) is 29.5. The predicted octanol–water partition coefficient (Wildman–Crippen LogP) is -0.873. The predicted molar refractivity (Wildman–Crippen MR) is 192 cm³/mol. The van der Waals surface area contributed by atoms with E-state index in [2.05, 4.69) is 19.2 Å². The van der Waals surface area contributed by atoms with E-state index in [0.717, 1.165) is 12.8 Å². The molecule has 2 rings (SSSR count). The van der Waals surface area contributed by atoms with E-state index in [-0.39, 0.29) is 31.3 Å². The van der Waals surface area contributed by atoms with Gasteiger partial charge in [-0.3, -0.25) is 0 Å². The first-order valence-electron chi connectivity index (χ1n) is 17.8. The van der Waals surface area contributed by atoms with Crippen molar-refractivity contribution in [3.05, 3.63) is 85.6 Å². The molecule has 0 saturated carbocycles. The van der Waals surface area contributed by atoms with Gasteiger partial charge in [-0.05, 0) is 44.1 Å². The Kier molecular flexibility index (Phi) is 21.2. The van der Waals surface area contributed by atoms with Crippen molar-refractivity contribution in [1.82, 2.24) is 0 Å². The van der Waals surface area contributed by atoms with Crippen LogP contribution in [0.3, 0.4) is 0 Å². The van der Waals surface area contributed by atoms with E-state index in [1.165, 1.54) is 6.08 Å². The molecule has 296 valence electrons. The molecule has 0 aliphatic carbocycles. The molecule has 14 nitrogen and oxygen atoms in total. The summed E-state index contributed by atoms with van der Waals surface area (Å²) in [5.41, 5.74) is 0.0492. The summed E-state index contributed by atoms with van der Waals surface area (Å²) in [4.78, 5) is 0. The minimum Gasteiger partial charge on any atom is -0.394 e. The number of aliphatic hydroxyl groups is 12.